The van der Waals surface area contributed by atoms with Gasteiger partial charge < -0.3 is 14.5 Å². The number of carbonyl (C=O) groups excluding carboxylic acids is 1. The number of piperazine rings is 1. The van der Waals surface area contributed by atoms with Crippen molar-refractivity contribution in [2.75, 3.05) is 37.7 Å². The van der Waals surface area contributed by atoms with E-state index in [2.05, 4.69) is 41.5 Å². The molecule has 5 aliphatic rings. The molecule has 3 saturated heterocycles. The molecule has 4 heterocycles. The first-order valence-electron chi connectivity index (χ1n) is 15.8. The second-order valence-electron chi connectivity index (χ2n) is 13.0. The summed E-state index contributed by atoms with van der Waals surface area (Å²) in [6, 6.07) is 9.28. The Bertz CT molecular complexity index is 1590. The van der Waals surface area contributed by atoms with Gasteiger partial charge in [0.1, 0.15) is 12.4 Å². The van der Waals surface area contributed by atoms with Crippen molar-refractivity contribution >= 4 is 28.9 Å². The van der Waals surface area contributed by atoms with E-state index in [4.69, 9.17) is 26.3 Å². The summed E-state index contributed by atoms with van der Waals surface area (Å²) in [5.74, 6) is -0.961. The Morgan fingerprint density at radius 2 is 2.09 bits per heavy atom. The molecule has 0 bridgehead atoms. The fourth-order valence-electron chi connectivity index (χ4n) is 8.52. The van der Waals surface area contributed by atoms with Crippen molar-refractivity contribution < 1.29 is 13.9 Å². The van der Waals surface area contributed by atoms with Gasteiger partial charge >= 0.3 is 6.01 Å². The number of anilines is 1. The van der Waals surface area contributed by atoms with Crippen LogP contribution in [-0.4, -0.2) is 76.6 Å². The second kappa shape index (κ2) is 11.5. The smallest absolute Gasteiger partial charge is 0.318 e. The van der Waals surface area contributed by atoms with Gasteiger partial charge in [0.05, 0.1) is 24.2 Å². The summed E-state index contributed by atoms with van der Waals surface area (Å²) in [7, 11) is 0. The predicted octanol–water partition coefficient (Wildman–Crippen LogP) is 5.39. The van der Waals surface area contributed by atoms with Crippen molar-refractivity contribution in [2.24, 2.45) is 0 Å². The molecule has 3 fully saturated rings. The van der Waals surface area contributed by atoms with Gasteiger partial charge in [0.2, 0.25) is 0 Å². The lowest BCUT2D eigenvalue weighted by Gasteiger charge is -2.42. The highest BCUT2D eigenvalue weighted by atomic mass is 35.5. The van der Waals surface area contributed by atoms with Crippen LogP contribution in [0.4, 0.5) is 10.2 Å². The maximum atomic E-state index is 13.9. The summed E-state index contributed by atoms with van der Waals surface area (Å²) in [4.78, 5) is 28.8. The standard InChI is InChI=1S/C34H38ClFN6O2/c1-21-17-34(27-6-3-7-28(35)30(21)27)12-10-26-29(18-34)38-33(44-20-25-9-8-23-5-4-14-41(23)25)39-31(26)40-15-16-42(32(43)22(2)36)24(19-40)11-13-37/h3,6-7,17,23-25H,2,4-5,8-12,14-16,18-20H2,1H3/t23?,24-,25?,34?/m0/s1. The van der Waals surface area contributed by atoms with Crippen LogP contribution < -0.4 is 9.64 Å². The molecule has 0 radical (unpaired) electrons. The zero-order valence-electron chi connectivity index (χ0n) is 25.2. The Morgan fingerprint density at radius 3 is 2.91 bits per heavy atom. The monoisotopic (exact) mass is 616 g/mol. The minimum absolute atomic E-state index is 0.0928. The van der Waals surface area contributed by atoms with Crippen LogP contribution in [0.5, 0.6) is 6.01 Å². The van der Waals surface area contributed by atoms with E-state index in [1.807, 2.05) is 12.1 Å². The molecule has 8 nitrogen and oxygen atoms in total. The van der Waals surface area contributed by atoms with Gasteiger partial charge in [0.15, 0.2) is 5.83 Å². The van der Waals surface area contributed by atoms with Crippen molar-refractivity contribution in [3.05, 3.63) is 64.1 Å². The molecule has 1 amide bonds. The number of aromatic nitrogens is 2. The number of nitrogens with zero attached hydrogens (tertiary/aromatic N) is 6. The molecular formula is C34H38ClFN6O2. The number of fused-ring (bicyclic) bond motifs is 4. The number of halogens is 2. The number of carbonyl (C=O) groups is 1. The maximum Gasteiger partial charge on any atom is 0.318 e. The first-order chi connectivity index (χ1) is 21.3. The van der Waals surface area contributed by atoms with Crippen LogP contribution in [0, 0.1) is 11.3 Å². The molecule has 4 atom stereocenters. The normalized spacial score (nSPS) is 27.5. The molecule has 1 aromatic carbocycles. The van der Waals surface area contributed by atoms with Gasteiger partial charge in [-0.15, -0.1) is 0 Å². The van der Waals surface area contributed by atoms with Crippen molar-refractivity contribution in [1.29, 1.82) is 5.26 Å². The molecule has 7 rings (SSSR count). The van der Waals surface area contributed by atoms with Gasteiger partial charge in [-0.25, -0.2) is 4.39 Å². The summed E-state index contributed by atoms with van der Waals surface area (Å²) in [6.45, 7) is 8.11. The first kappa shape index (κ1) is 29.2. The number of amides is 1. The molecule has 1 aromatic heterocycles. The lowest BCUT2D eigenvalue weighted by Crippen LogP contribution is -2.55. The van der Waals surface area contributed by atoms with Crippen molar-refractivity contribution in [1.82, 2.24) is 19.8 Å². The largest absolute Gasteiger partial charge is 0.462 e. The van der Waals surface area contributed by atoms with Crippen LogP contribution >= 0.6 is 11.6 Å². The van der Waals surface area contributed by atoms with Gasteiger partial charge in [-0.05, 0) is 74.8 Å². The van der Waals surface area contributed by atoms with E-state index in [1.165, 1.54) is 35.3 Å². The Labute approximate surface area is 263 Å². The van der Waals surface area contributed by atoms with Crippen molar-refractivity contribution in [2.45, 2.75) is 81.8 Å². The number of hydrogen-bond acceptors (Lipinski definition) is 7. The van der Waals surface area contributed by atoms with E-state index in [1.54, 1.807) is 0 Å². The molecule has 2 aliphatic carbocycles. The van der Waals surface area contributed by atoms with E-state index < -0.39 is 17.8 Å². The predicted molar refractivity (Wildman–Crippen MR) is 167 cm³/mol. The second-order valence-corrected chi connectivity index (χ2v) is 13.4. The van der Waals surface area contributed by atoms with Crippen LogP contribution in [0.3, 0.4) is 0 Å². The molecule has 10 heteroatoms. The topological polar surface area (TPSA) is 85.6 Å². The molecule has 1 spiro atoms. The molecule has 44 heavy (non-hydrogen) atoms. The highest BCUT2D eigenvalue weighted by molar-refractivity contribution is 6.32. The van der Waals surface area contributed by atoms with Gasteiger partial charge in [-0.1, -0.05) is 36.4 Å². The average Bonchev–Trinajstić information content (AvgIpc) is 3.70. The molecule has 2 aromatic rings. The van der Waals surface area contributed by atoms with E-state index >= 15 is 0 Å². The summed E-state index contributed by atoms with van der Waals surface area (Å²) >= 11 is 6.68. The minimum atomic E-state index is -1.01. The van der Waals surface area contributed by atoms with Crippen LogP contribution in [0.1, 0.15) is 67.8 Å². The third kappa shape index (κ3) is 4.96. The van der Waals surface area contributed by atoms with Gasteiger partial charge in [-0.3, -0.25) is 9.69 Å². The fraction of sp³-hybridized carbons (Fsp3) is 0.529. The van der Waals surface area contributed by atoms with Crippen LogP contribution in [0.25, 0.3) is 5.57 Å². The van der Waals surface area contributed by atoms with Crippen LogP contribution in [-0.2, 0) is 23.1 Å². The van der Waals surface area contributed by atoms with Gasteiger partial charge in [0, 0.05) is 54.1 Å². The minimum Gasteiger partial charge on any atom is -0.462 e. The van der Waals surface area contributed by atoms with Crippen molar-refractivity contribution in [3.8, 4) is 12.1 Å². The van der Waals surface area contributed by atoms with Crippen molar-refractivity contribution in [3.63, 3.8) is 0 Å². The zero-order valence-corrected chi connectivity index (χ0v) is 26.0. The lowest BCUT2D eigenvalue weighted by molar-refractivity contribution is -0.131. The summed E-state index contributed by atoms with van der Waals surface area (Å²) < 4.78 is 20.3. The molecule has 0 saturated carbocycles. The Hall–Kier alpha value is -3.48. The van der Waals surface area contributed by atoms with Crippen LogP contribution in [0.2, 0.25) is 5.02 Å². The lowest BCUT2D eigenvalue weighted by atomic mass is 9.70. The molecule has 0 N–H and O–H groups in total. The van der Waals surface area contributed by atoms with Gasteiger partial charge in [-0.2, -0.15) is 15.2 Å². The Morgan fingerprint density at radius 1 is 1.23 bits per heavy atom. The van der Waals surface area contributed by atoms with Gasteiger partial charge in [0.25, 0.3) is 5.91 Å². The molecule has 3 aliphatic heterocycles. The first-order valence-corrected chi connectivity index (χ1v) is 16.2. The van der Waals surface area contributed by atoms with Crippen LogP contribution in [0.15, 0.2) is 36.7 Å². The summed E-state index contributed by atoms with van der Waals surface area (Å²) in [5.41, 5.74) is 5.40. The Kier molecular flexibility index (Phi) is 7.62. The molecule has 230 valence electrons. The van der Waals surface area contributed by atoms with E-state index in [-0.39, 0.29) is 18.4 Å². The number of benzene rings is 1. The average molecular weight is 617 g/mol. The van der Waals surface area contributed by atoms with E-state index in [0.29, 0.717) is 44.2 Å². The number of nitriles is 1. The molecular weight excluding hydrogens is 579 g/mol. The number of rotatable bonds is 6. The SMILES string of the molecule is C=C(F)C(=O)N1CCN(c2nc(OCC3CCC4CCCN43)nc3c2CCC2(C=C(C)c4c(Cl)cccc42)C3)C[C@@H]1CC#N. The number of allylic oxidation sites excluding steroid dienone is 2. The zero-order chi connectivity index (χ0) is 30.6. The highest BCUT2D eigenvalue weighted by Gasteiger charge is 2.43. The fourth-order valence-corrected chi connectivity index (χ4v) is 8.84. The van der Waals surface area contributed by atoms with E-state index in [0.717, 1.165) is 53.5 Å². The summed E-state index contributed by atoms with van der Waals surface area (Å²) in [5, 5.41) is 10.3. The Balaban J connectivity index is 1.23. The van der Waals surface area contributed by atoms with E-state index in [9.17, 15) is 14.4 Å². The number of hydrogen-bond donors (Lipinski definition) is 0. The quantitative estimate of drug-likeness (QED) is 0.402. The molecule has 3 unspecified atom stereocenters. The summed E-state index contributed by atoms with van der Waals surface area (Å²) in [6.07, 6.45) is 9.67. The highest BCUT2D eigenvalue weighted by Crippen LogP contribution is 2.51. The maximum absolute atomic E-state index is 13.9. The third-order valence-corrected chi connectivity index (χ3v) is 10.8. The third-order valence-electron chi connectivity index (χ3n) is 10.5. The number of ether oxygens (including phenoxy) is 1.